The summed E-state index contributed by atoms with van der Waals surface area (Å²) in [5.41, 5.74) is 0. The predicted octanol–water partition coefficient (Wildman–Crippen LogP) is 2.12. The summed E-state index contributed by atoms with van der Waals surface area (Å²) in [7, 11) is 0. The van der Waals surface area contributed by atoms with Gasteiger partial charge in [0, 0.05) is 6.04 Å². The second kappa shape index (κ2) is 5.17. The van der Waals surface area contributed by atoms with Crippen LogP contribution >= 0.6 is 0 Å². The number of hydrogen-bond acceptors (Lipinski definition) is 2. The van der Waals surface area contributed by atoms with Gasteiger partial charge in [-0.25, -0.2) is 0 Å². The molecule has 16 heavy (non-hydrogen) atoms. The number of amides is 1. The molecular weight excluding hydrogens is 200 g/mol. The fraction of sp³-hybridized carbons (Fsp3) is 0.923. The van der Waals surface area contributed by atoms with Crippen molar-refractivity contribution in [1.29, 1.82) is 0 Å². The zero-order valence-corrected chi connectivity index (χ0v) is 10.5. The standard InChI is InChI=1S/C13H24N2O/c1-3-10-5-7-11(8-6-10)15-12(4-2)14-9-13(15)16/h10-12,14H,3-9H2,1-2H3. The van der Waals surface area contributed by atoms with Gasteiger partial charge in [0.25, 0.3) is 0 Å². The molecule has 92 valence electrons. The third kappa shape index (κ3) is 2.24. The number of hydrogen-bond donors (Lipinski definition) is 1. The second-order valence-corrected chi connectivity index (χ2v) is 5.19. The molecule has 1 unspecified atom stereocenters. The van der Waals surface area contributed by atoms with Crippen LogP contribution in [-0.4, -0.2) is 29.6 Å². The maximum absolute atomic E-state index is 11.9. The minimum Gasteiger partial charge on any atom is -0.323 e. The average molecular weight is 224 g/mol. The molecule has 0 bridgehead atoms. The number of nitrogens with zero attached hydrogens (tertiary/aromatic N) is 1. The monoisotopic (exact) mass is 224 g/mol. The van der Waals surface area contributed by atoms with E-state index < -0.39 is 0 Å². The first kappa shape index (κ1) is 11.9. The van der Waals surface area contributed by atoms with Crippen LogP contribution in [0.3, 0.4) is 0 Å². The van der Waals surface area contributed by atoms with Gasteiger partial charge in [0.2, 0.25) is 5.91 Å². The molecular formula is C13H24N2O. The molecule has 0 aromatic rings. The van der Waals surface area contributed by atoms with Gasteiger partial charge < -0.3 is 4.90 Å². The van der Waals surface area contributed by atoms with E-state index in [1.807, 2.05) is 0 Å². The lowest BCUT2D eigenvalue weighted by molar-refractivity contribution is -0.131. The number of nitrogens with one attached hydrogen (secondary N) is 1. The molecule has 1 atom stereocenters. The Morgan fingerprint density at radius 1 is 1.19 bits per heavy atom. The first-order valence-corrected chi connectivity index (χ1v) is 6.80. The maximum Gasteiger partial charge on any atom is 0.238 e. The highest BCUT2D eigenvalue weighted by atomic mass is 16.2. The van der Waals surface area contributed by atoms with Gasteiger partial charge in [-0.3, -0.25) is 10.1 Å². The van der Waals surface area contributed by atoms with Crippen molar-refractivity contribution < 1.29 is 4.79 Å². The van der Waals surface area contributed by atoms with Gasteiger partial charge in [-0.15, -0.1) is 0 Å². The van der Waals surface area contributed by atoms with Crippen LogP contribution in [0.25, 0.3) is 0 Å². The summed E-state index contributed by atoms with van der Waals surface area (Å²) in [6.07, 6.45) is 7.67. The van der Waals surface area contributed by atoms with Crippen molar-refractivity contribution in [2.24, 2.45) is 5.92 Å². The lowest BCUT2D eigenvalue weighted by Gasteiger charge is -2.37. The van der Waals surface area contributed by atoms with E-state index in [9.17, 15) is 4.79 Å². The maximum atomic E-state index is 11.9. The minimum absolute atomic E-state index is 0.302. The van der Waals surface area contributed by atoms with E-state index in [0.717, 1.165) is 12.3 Å². The topological polar surface area (TPSA) is 32.3 Å². The van der Waals surface area contributed by atoms with Gasteiger partial charge in [-0.1, -0.05) is 20.3 Å². The van der Waals surface area contributed by atoms with Crippen molar-refractivity contribution in [3.05, 3.63) is 0 Å². The number of carbonyl (C=O) groups is 1. The Balaban J connectivity index is 1.94. The highest BCUT2D eigenvalue weighted by Gasteiger charge is 2.36. The summed E-state index contributed by atoms with van der Waals surface area (Å²) in [6, 6.07) is 0.509. The van der Waals surface area contributed by atoms with Crippen molar-refractivity contribution in [2.45, 2.75) is 64.6 Å². The summed E-state index contributed by atoms with van der Waals surface area (Å²) in [4.78, 5) is 14.0. The van der Waals surface area contributed by atoms with E-state index in [0.29, 0.717) is 24.7 Å². The largest absolute Gasteiger partial charge is 0.323 e. The molecule has 1 amide bonds. The molecule has 2 rings (SSSR count). The van der Waals surface area contributed by atoms with E-state index in [-0.39, 0.29) is 0 Å². The van der Waals surface area contributed by atoms with E-state index in [1.54, 1.807) is 0 Å². The summed E-state index contributed by atoms with van der Waals surface area (Å²) < 4.78 is 0. The Bertz CT molecular complexity index is 246. The van der Waals surface area contributed by atoms with Crippen molar-refractivity contribution >= 4 is 5.91 Å². The Morgan fingerprint density at radius 3 is 2.44 bits per heavy atom. The molecule has 1 saturated heterocycles. The van der Waals surface area contributed by atoms with Crippen LogP contribution < -0.4 is 5.32 Å². The van der Waals surface area contributed by atoms with Gasteiger partial charge in [0.1, 0.15) is 0 Å². The Hall–Kier alpha value is -0.570. The Morgan fingerprint density at radius 2 is 1.88 bits per heavy atom. The van der Waals surface area contributed by atoms with Gasteiger partial charge in [0.05, 0.1) is 12.7 Å². The summed E-state index contributed by atoms with van der Waals surface area (Å²) >= 11 is 0. The molecule has 2 aliphatic rings. The molecule has 0 spiro atoms. The second-order valence-electron chi connectivity index (χ2n) is 5.19. The molecule has 3 nitrogen and oxygen atoms in total. The third-order valence-corrected chi connectivity index (χ3v) is 4.29. The minimum atomic E-state index is 0.302. The van der Waals surface area contributed by atoms with E-state index in [4.69, 9.17) is 0 Å². The molecule has 1 N–H and O–H groups in total. The van der Waals surface area contributed by atoms with Gasteiger partial charge in [0.15, 0.2) is 0 Å². The summed E-state index contributed by atoms with van der Waals surface area (Å²) in [5, 5.41) is 3.31. The van der Waals surface area contributed by atoms with E-state index >= 15 is 0 Å². The van der Waals surface area contributed by atoms with Crippen LogP contribution in [0.2, 0.25) is 0 Å². The van der Waals surface area contributed by atoms with Crippen LogP contribution in [0.5, 0.6) is 0 Å². The Kier molecular flexibility index (Phi) is 3.85. The van der Waals surface area contributed by atoms with Gasteiger partial charge in [-0.2, -0.15) is 0 Å². The average Bonchev–Trinajstić information content (AvgIpc) is 2.70. The normalized spacial score (nSPS) is 35.8. The van der Waals surface area contributed by atoms with Crippen LogP contribution in [0.4, 0.5) is 0 Å². The van der Waals surface area contributed by atoms with Crippen LogP contribution in [0, 0.1) is 5.92 Å². The Labute approximate surface area is 98.6 Å². The van der Waals surface area contributed by atoms with Gasteiger partial charge >= 0.3 is 0 Å². The van der Waals surface area contributed by atoms with Crippen molar-refractivity contribution in [1.82, 2.24) is 10.2 Å². The molecule has 1 aliphatic carbocycles. The number of carbonyl (C=O) groups excluding carboxylic acids is 1. The third-order valence-electron chi connectivity index (χ3n) is 4.29. The SMILES string of the molecule is CCC1CCC(N2C(=O)CNC2CC)CC1. The summed E-state index contributed by atoms with van der Waals surface area (Å²) in [5.74, 6) is 1.22. The molecule has 0 aromatic heterocycles. The molecule has 0 aromatic carbocycles. The first-order valence-electron chi connectivity index (χ1n) is 6.80. The van der Waals surface area contributed by atoms with Crippen LogP contribution in [-0.2, 0) is 4.79 Å². The first-order chi connectivity index (χ1) is 7.76. The highest BCUT2D eigenvalue weighted by Crippen LogP contribution is 2.31. The lowest BCUT2D eigenvalue weighted by Crippen LogP contribution is -2.45. The zero-order chi connectivity index (χ0) is 11.5. The van der Waals surface area contributed by atoms with E-state index in [2.05, 4.69) is 24.1 Å². The fourth-order valence-electron chi connectivity index (χ4n) is 3.20. The highest BCUT2D eigenvalue weighted by molar-refractivity contribution is 5.81. The van der Waals surface area contributed by atoms with Crippen molar-refractivity contribution in [2.75, 3.05) is 6.54 Å². The van der Waals surface area contributed by atoms with Gasteiger partial charge in [-0.05, 0) is 38.0 Å². The fourth-order valence-corrected chi connectivity index (χ4v) is 3.20. The summed E-state index contributed by atoms with van der Waals surface area (Å²) in [6.45, 7) is 4.98. The quantitative estimate of drug-likeness (QED) is 0.796. The zero-order valence-electron chi connectivity index (χ0n) is 10.5. The molecule has 3 heteroatoms. The van der Waals surface area contributed by atoms with Crippen LogP contribution in [0.1, 0.15) is 52.4 Å². The van der Waals surface area contributed by atoms with E-state index in [1.165, 1.54) is 32.1 Å². The lowest BCUT2D eigenvalue weighted by atomic mass is 9.84. The molecule has 2 fully saturated rings. The smallest absolute Gasteiger partial charge is 0.238 e. The number of rotatable bonds is 3. The molecule has 0 radical (unpaired) electrons. The van der Waals surface area contributed by atoms with Crippen molar-refractivity contribution in [3.63, 3.8) is 0 Å². The van der Waals surface area contributed by atoms with Crippen molar-refractivity contribution in [3.8, 4) is 0 Å². The molecule has 1 heterocycles. The molecule has 1 saturated carbocycles. The predicted molar refractivity (Wildman–Crippen MR) is 65.0 cm³/mol. The molecule has 1 aliphatic heterocycles. The van der Waals surface area contributed by atoms with Crippen LogP contribution in [0.15, 0.2) is 0 Å².